The number of methoxy groups -OCH3 is 2. The molecule has 1 unspecified atom stereocenters. The molecule has 0 saturated carbocycles. The Morgan fingerprint density at radius 1 is 1.00 bits per heavy atom. The molecule has 0 bridgehead atoms. The summed E-state index contributed by atoms with van der Waals surface area (Å²) in [6.07, 6.45) is 1.78. The van der Waals surface area contributed by atoms with Crippen molar-refractivity contribution in [1.29, 1.82) is 0 Å². The average molecular weight is 372 g/mol. The molecule has 3 aromatic rings. The first kappa shape index (κ1) is 19.7. The summed E-state index contributed by atoms with van der Waals surface area (Å²) >= 11 is 3.03. The van der Waals surface area contributed by atoms with Crippen molar-refractivity contribution in [2.45, 2.75) is 13.0 Å². The van der Waals surface area contributed by atoms with E-state index in [-0.39, 0.29) is 6.04 Å². The molecule has 1 aromatic heterocycles. The first-order valence-electron chi connectivity index (χ1n) is 8.01. The summed E-state index contributed by atoms with van der Waals surface area (Å²) in [5.41, 5.74) is 9.52. The number of benzene rings is 2. The molecule has 1 atom stereocenters. The van der Waals surface area contributed by atoms with Crippen LogP contribution in [0.5, 0.6) is 11.5 Å². The monoisotopic (exact) mass is 372 g/mol. The second-order valence-corrected chi connectivity index (χ2v) is 5.62. The lowest BCUT2D eigenvalue weighted by Crippen LogP contribution is -2.07. The van der Waals surface area contributed by atoms with Crippen molar-refractivity contribution in [2.75, 3.05) is 25.3 Å². The van der Waals surface area contributed by atoms with Gasteiger partial charge in [0.1, 0.15) is 0 Å². The van der Waals surface area contributed by atoms with E-state index in [0.29, 0.717) is 11.5 Å². The number of fused-ring (bicyclic) bond motifs is 1. The number of nitrogens with one attached hydrogen (secondary N) is 1. The average Bonchev–Trinajstić information content (AvgIpc) is 2.69. The van der Waals surface area contributed by atoms with Crippen LogP contribution in [0.2, 0.25) is 0 Å². The topological polar surface area (TPSA) is 95.4 Å². The lowest BCUT2D eigenvalue weighted by atomic mass is 10.1. The van der Waals surface area contributed by atoms with Crippen LogP contribution >= 0.6 is 12.8 Å². The molecule has 0 saturated heterocycles. The van der Waals surface area contributed by atoms with Crippen LogP contribution in [-0.4, -0.2) is 19.2 Å². The number of rotatable bonds is 5. The van der Waals surface area contributed by atoms with E-state index in [1.807, 2.05) is 42.5 Å². The van der Waals surface area contributed by atoms with Crippen LogP contribution in [0.4, 0.5) is 11.4 Å². The van der Waals surface area contributed by atoms with Gasteiger partial charge in [0.15, 0.2) is 11.5 Å². The van der Waals surface area contributed by atoms with Gasteiger partial charge in [0.25, 0.3) is 0 Å². The van der Waals surface area contributed by atoms with Crippen molar-refractivity contribution in [3.63, 3.8) is 0 Å². The highest BCUT2D eigenvalue weighted by atomic mass is 32.1. The largest absolute Gasteiger partial charge is 0.493 e. The highest BCUT2D eigenvalue weighted by Gasteiger charge is 2.12. The van der Waals surface area contributed by atoms with Gasteiger partial charge in [-0.2, -0.15) is 0 Å². The van der Waals surface area contributed by atoms with Crippen LogP contribution in [0, 0.1) is 0 Å². The molecule has 0 aliphatic rings. The number of ether oxygens (including phenoxy) is 2. The van der Waals surface area contributed by atoms with Crippen LogP contribution in [0.3, 0.4) is 0 Å². The van der Waals surface area contributed by atoms with Crippen LogP contribution in [0.1, 0.15) is 18.5 Å². The minimum atomic E-state index is 0.129. The van der Waals surface area contributed by atoms with E-state index in [1.54, 1.807) is 20.4 Å². The highest BCUT2D eigenvalue weighted by Crippen LogP contribution is 2.35. The van der Waals surface area contributed by atoms with E-state index < -0.39 is 0 Å². The van der Waals surface area contributed by atoms with Crippen LogP contribution in [0.25, 0.3) is 10.9 Å². The molecule has 5 N–H and O–H groups in total. The number of anilines is 2. The number of nitrogens with zero attached hydrogens (tertiary/aromatic N) is 1. The number of pyridine rings is 1. The summed E-state index contributed by atoms with van der Waals surface area (Å²) in [6.45, 7) is 2.11. The fourth-order valence-electron chi connectivity index (χ4n) is 2.70. The van der Waals surface area contributed by atoms with E-state index in [9.17, 15) is 0 Å². The minimum absolute atomic E-state index is 0.129. The van der Waals surface area contributed by atoms with Gasteiger partial charge in [-0.05, 0) is 36.8 Å². The van der Waals surface area contributed by atoms with E-state index in [2.05, 4.69) is 35.2 Å². The quantitative estimate of drug-likeness (QED) is 0.402. The molecule has 0 aliphatic carbocycles. The fraction of sp³-hybridized carbons (Fsp3) is 0.211. The zero-order valence-corrected chi connectivity index (χ0v) is 16.0. The number of thiol groups is 1. The maximum Gasteiger partial charge on any atom is 0.162 e. The van der Waals surface area contributed by atoms with Gasteiger partial charge < -0.3 is 20.5 Å². The standard InChI is InChI=1S/C19H21N3O2.H3NS/c1-12(13-4-6-14(20)7-5-13)22-16-8-9-21-17-11-19(24-3)18(23-2)10-15(16)17;1-2/h4-12H,20H2,1-3H3,(H,21,22);2H,1H2. The number of hydrogen-bond acceptors (Lipinski definition) is 7. The molecule has 0 radical (unpaired) electrons. The Balaban J connectivity index is 0.00000117. The predicted molar refractivity (Wildman–Crippen MR) is 111 cm³/mol. The smallest absolute Gasteiger partial charge is 0.162 e. The van der Waals surface area contributed by atoms with Crippen LogP contribution < -0.4 is 25.7 Å². The maximum absolute atomic E-state index is 5.76. The number of aromatic nitrogens is 1. The normalized spacial score (nSPS) is 11.3. The molecule has 0 spiro atoms. The SMILES string of the molecule is COc1cc2nccc(NC(C)c3ccc(N)cc3)c2cc1OC.NS. The second kappa shape index (κ2) is 9.17. The van der Waals surface area contributed by atoms with Gasteiger partial charge >= 0.3 is 0 Å². The lowest BCUT2D eigenvalue weighted by molar-refractivity contribution is 0.356. The summed E-state index contributed by atoms with van der Waals surface area (Å²) < 4.78 is 10.8. The molecule has 138 valence electrons. The van der Waals surface area contributed by atoms with Crippen LogP contribution in [-0.2, 0) is 0 Å². The summed E-state index contributed by atoms with van der Waals surface area (Å²) in [5.74, 6) is 1.35. The summed E-state index contributed by atoms with van der Waals surface area (Å²) in [5, 5.41) is 8.71. The Labute approximate surface area is 159 Å². The molecule has 1 heterocycles. The van der Waals surface area contributed by atoms with Crippen molar-refractivity contribution in [2.24, 2.45) is 5.14 Å². The molecular formula is C19H24N4O2S. The fourth-order valence-corrected chi connectivity index (χ4v) is 2.70. The molecule has 3 rings (SSSR count). The number of hydrogen-bond donors (Lipinski definition) is 4. The molecule has 26 heavy (non-hydrogen) atoms. The highest BCUT2D eigenvalue weighted by molar-refractivity contribution is 7.77. The Morgan fingerprint density at radius 3 is 2.23 bits per heavy atom. The second-order valence-electron chi connectivity index (χ2n) is 5.62. The van der Waals surface area contributed by atoms with Crippen molar-refractivity contribution < 1.29 is 9.47 Å². The third kappa shape index (κ3) is 4.30. The van der Waals surface area contributed by atoms with Gasteiger partial charge in [-0.1, -0.05) is 12.1 Å². The Kier molecular flexibility index (Phi) is 6.94. The predicted octanol–water partition coefficient (Wildman–Crippen LogP) is 3.80. The van der Waals surface area contributed by atoms with Gasteiger partial charge in [-0.3, -0.25) is 10.1 Å². The minimum Gasteiger partial charge on any atom is -0.493 e. The molecule has 0 aliphatic heterocycles. The van der Waals surface area contributed by atoms with Crippen molar-refractivity contribution in [3.8, 4) is 11.5 Å². The maximum atomic E-state index is 5.76. The van der Waals surface area contributed by atoms with E-state index in [1.165, 1.54) is 0 Å². The molecular weight excluding hydrogens is 348 g/mol. The van der Waals surface area contributed by atoms with Gasteiger partial charge in [0.05, 0.1) is 19.7 Å². The van der Waals surface area contributed by atoms with Crippen molar-refractivity contribution in [1.82, 2.24) is 4.98 Å². The zero-order valence-electron chi connectivity index (χ0n) is 15.1. The van der Waals surface area contributed by atoms with E-state index >= 15 is 0 Å². The third-order valence-corrected chi connectivity index (χ3v) is 4.06. The van der Waals surface area contributed by atoms with Gasteiger partial charge in [-0.15, -0.1) is 12.8 Å². The molecule has 6 nitrogen and oxygen atoms in total. The third-order valence-electron chi connectivity index (χ3n) is 4.06. The number of nitrogens with two attached hydrogens (primary N) is 2. The molecule has 0 amide bonds. The first-order chi connectivity index (χ1) is 12.6. The number of nitrogen functional groups attached to an aromatic ring is 1. The first-order valence-corrected chi connectivity index (χ1v) is 8.52. The summed E-state index contributed by atoms with van der Waals surface area (Å²) in [7, 11) is 3.25. The Morgan fingerprint density at radius 2 is 1.62 bits per heavy atom. The van der Waals surface area contributed by atoms with E-state index in [0.717, 1.165) is 27.8 Å². The summed E-state index contributed by atoms with van der Waals surface area (Å²) in [6, 6.07) is 13.8. The molecule has 2 aromatic carbocycles. The Bertz CT molecular complexity index is 856. The van der Waals surface area contributed by atoms with Gasteiger partial charge in [0, 0.05) is 35.1 Å². The van der Waals surface area contributed by atoms with Crippen molar-refractivity contribution in [3.05, 3.63) is 54.2 Å². The summed E-state index contributed by atoms with van der Waals surface area (Å²) in [4.78, 5) is 4.43. The van der Waals surface area contributed by atoms with Crippen LogP contribution in [0.15, 0.2) is 48.7 Å². The zero-order chi connectivity index (χ0) is 19.1. The van der Waals surface area contributed by atoms with Gasteiger partial charge in [-0.25, -0.2) is 0 Å². The van der Waals surface area contributed by atoms with Gasteiger partial charge in [0.2, 0.25) is 0 Å². The molecule has 7 heteroatoms. The Hall–Kier alpha value is -2.64. The van der Waals surface area contributed by atoms with E-state index in [4.69, 9.17) is 15.2 Å². The lowest BCUT2D eigenvalue weighted by Gasteiger charge is -2.18. The molecule has 0 fully saturated rings. The van der Waals surface area contributed by atoms with Crippen molar-refractivity contribution >= 4 is 35.1 Å².